The zero-order valence-corrected chi connectivity index (χ0v) is 15.2. The van der Waals surface area contributed by atoms with E-state index in [0.717, 1.165) is 15.6 Å². The quantitative estimate of drug-likeness (QED) is 0.846. The number of amides is 1. The number of hydrogen-bond donors (Lipinski definition) is 1. The van der Waals surface area contributed by atoms with Crippen molar-refractivity contribution < 1.29 is 14.3 Å². The lowest BCUT2D eigenvalue weighted by molar-refractivity contribution is 0.0939. The molecule has 2 aromatic rings. The van der Waals surface area contributed by atoms with Gasteiger partial charge in [0.05, 0.1) is 20.3 Å². The van der Waals surface area contributed by atoms with E-state index in [1.165, 1.54) is 0 Å². The second kappa shape index (κ2) is 7.51. The van der Waals surface area contributed by atoms with Gasteiger partial charge in [-0.15, -0.1) is 0 Å². The predicted molar refractivity (Wildman–Crippen MR) is 94.3 cm³/mol. The summed E-state index contributed by atoms with van der Waals surface area (Å²) in [6.45, 7) is 3.92. The van der Waals surface area contributed by atoms with Crippen molar-refractivity contribution in [2.75, 3.05) is 14.2 Å². The molecule has 0 saturated heterocycles. The van der Waals surface area contributed by atoms with Crippen LogP contribution in [-0.2, 0) is 0 Å². The lowest BCUT2D eigenvalue weighted by Crippen LogP contribution is -2.26. The highest BCUT2D eigenvalue weighted by molar-refractivity contribution is 9.10. The first-order chi connectivity index (χ1) is 11.0. The first kappa shape index (κ1) is 17.3. The Bertz CT molecular complexity index is 698. The molecule has 1 amide bonds. The second-order valence-electron chi connectivity index (χ2n) is 5.29. The van der Waals surface area contributed by atoms with Gasteiger partial charge in [-0.3, -0.25) is 4.79 Å². The summed E-state index contributed by atoms with van der Waals surface area (Å²) in [5.74, 6) is 1.15. The summed E-state index contributed by atoms with van der Waals surface area (Å²) in [6.07, 6.45) is 0. The summed E-state index contributed by atoms with van der Waals surface area (Å²) < 4.78 is 11.5. The molecule has 0 aliphatic heterocycles. The Hall–Kier alpha value is -2.01. The first-order valence-corrected chi connectivity index (χ1v) is 8.04. The maximum atomic E-state index is 12.3. The second-order valence-corrected chi connectivity index (χ2v) is 6.14. The summed E-state index contributed by atoms with van der Waals surface area (Å²) in [5, 5.41) is 3.00. The van der Waals surface area contributed by atoms with Gasteiger partial charge in [0.25, 0.3) is 5.91 Å². The molecular weight excluding hydrogens is 358 g/mol. The SMILES string of the molecule is COc1cc(Br)c([C@@H](C)NC(=O)c2ccc(C)cc2)cc1OC. The van der Waals surface area contributed by atoms with Crippen LogP contribution in [0.1, 0.15) is 34.5 Å². The number of nitrogens with one attached hydrogen (secondary N) is 1. The Labute approximate surface area is 144 Å². The van der Waals surface area contributed by atoms with Crippen LogP contribution in [0.4, 0.5) is 0 Å². The summed E-state index contributed by atoms with van der Waals surface area (Å²) >= 11 is 3.52. The van der Waals surface area contributed by atoms with Crippen molar-refractivity contribution in [1.82, 2.24) is 5.32 Å². The van der Waals surface area contributed by atoms with Crippen LogP contribution in [0.5, 0.6) is 11.5 Å². The Morgan fingerprint density at radius 1 is 1.09 bits per heavy atom. The summed E-state index contributed by atoms with van der Waals surface area (Å²) in [6, 6.07) is 11.0. The Balaban J connectivity index is 2.21. The van der Waals surface area contributed by atoms with Crippen molar-refractivity contribution in [3.63, 3.8) is 0 Å². The molecule has 1 N–H and O–H groups in total. The van der Waals surface area contributed by atoms with Gasteiger partial charge in [0.1, 0.15) is 0 Å². The number of carbonyl (C=O) groups excluding carboxylic acids is 1. The van der Waals surface area contributed by atoms with Crippen LogP contribution >= 0.6 is 15.9 Å². The van der Waals surface area contributed by atoms with E-state index in [2.05, 4.69) is 21.2 Å². The van der Waals surface area contributed by atoms with E-state index in [-0.39, 0.29) is 11.9 Å². The summed E-state index contributed by atoms with van der Waals surface area (Å²) in [4.78, 5) is 12.3. The maximum Gasteiger partial charge on any atom is 0.251 e. The van der Waals surface area contributed by atoms with Crippen molar-refractivity contribution in [2.45, 2.75) is 19.9 Å². The number of benzene rings is 2. The van der Waals surface area contributed by atoms with E-state index < -0.39 is 0 Å². The van der Waals surface area contributed by atoms with Gasteiger partial charge in [-0.05, 0) is 43.7 Å². The van der Waals surface area contributed by atoms with E-state index in [1.807, 2.05) is 50.2 Å². The van der Waals surface area contributed by atoms with Gasteiger partial charge in [0.15, 0.2) is 11.5 Å². The fourth-order valence-electron chi connectivity index (χ4n) is 2.26. The van der Waals surface area contributed by atoms with Gasteiger partial charge in [0, 0.05) is 10.0 Å². The van der Waals surface area contributed by atoms with E-state index in [1.54, 1.807) is 14.2 Å². The Morgan fingerprint density at radius 2 is 1.65 bits per heavy atom. The van der Waals surface area contributed by atoms with Crippen molar-refractivity contribution in [1.29, 1.82) is 0 Å². The molecule has 0 aliphatic carbocycles. The normalized spacial score (nSPS) is 11.7. The average Bonchev–Trinajstić information content (AvgIpc) is 2.54. The summed E-state index contributed by atoms with van der Waals surface area (Å²) in [5.41, 5.74) is 2.68. The topological polar surface area (TPSA) is 47.6 Å². The van der Waals surface area contributed by atoms with E-state index in [4.69, 9.17) is 9.47 Å². The fraction of sp³-hybridized carbons (Fsp3) is 0.278. The number of halogens is 1. The van der Waals surface area contributed by atoms with Crippen molar-refractivity contribution >= 4 is 21.8 Å². The van der Waals surface area contributed by atoms with Crippen LogP contribution in [-0.4, -0.2) is 20.1 Å². The van der Waals surface area contributed by atoms with Gasteiger partial charge in [-0.1, -0.05) is 33.6 Å². The van der Waals surface area contributed by atoms with Crippen LogP contribution in [0.25, 0.3) is 0 Å². The lowest BCUT2D eigenvalue weighted by atomic mass is 10.1. The molecule has 2 aromatic carbocycles. The Kier molecular flexibility index (Phi) is 5.66. The molecule has 0 radical (unpaired) electrons. The molecule has 0 spiro atoms. The molecule has 1 atom stereocenters. The minimum Gasteiger partial charge on any atom is -0.493 e. The number of carbonyl (C=O) groups is 1. The van der Waals surface area contributed by atoms with Crippen LogP contribution in [0, 0.1) is 6.92 Å². The molecule has 5 heteroatoms. The van der Waals surface area contributed by atoms with Gasteiger partial charge in [0.2, 0.25) is 0 Å². The van der Waals surface area contributed by atoms with Crippen molar-refractivity contribution in [3.05, 3.63) is 57.6 Å². The Morgan fingerprint density at radius 3 is 2.22 bits per heavy atom. The largest absolute Gasteiger partial charge is 0.493 e. The highest BCUT2D eigenvalue weighted by Gasteiger charge is 2.17. The fourth-order valence-corrected chi connectivity index (χ4v) is 2.93. The minimum atomic E-state index is -0.182. The summed E-state index contributed by atoms with van der Waals surface area (Å²) in [7, 11) is 3.18. The van der Waals surface area contributed by atoms with E-state index in [9.17, 15) is 4.79 Å². The highest BCUT2D eigenvalue weighted by atomic mass is 79.9. The lowest BCUT2D eigenvalue weighted by Gasteiger charge is -2.18. The predicted octanol–water partition coefficient (Wildman–Crippen LogP) is 4.27. The number of ether oxygens (including phenoxy) is 2. The molecule has 122 valence electrons. The van der Waals surface area contributed by atoms with Crippen LogP contribution in [0.2, 0.25) is 0 Å². The molecule has 0 unspecified atom stereocenters. The third-order valence-electron chi connectivity index (χ3n) is 3.63. The average molecular weight is 378 g/mol. The number of hydrogen-bond acceptors (Lipinski definition) is 3. The standard InChI is InChI=1S/C18H20BrNO3/c1-11-5-7-13(8-6-11)18(21)20-12(2)14-9-16(22-3)17(23-4)10-15(14)19/h5-10,12H,1-4H3,(H,20,21)/t12-/m1/s1. The maximum absolute atomic E-state index is 12.3. The third-order valence-corrected chi connectivity index (χ3v) is 4.32. The van der Waals surface area contributed by atoms with E-state index >= 15 is 0 Å². The smallest absolute Gasteiger partial charge is 0.251 e. The molecule has 2 rings (SSSR count). The first-order valence-electron chi connectivity index (χ1n) is 7.25. The molecule has 0 heterocycles. The third kappa shape index (κ3) is 4.05. The van der Waals surface area contributed by atoms with Gasteiger partial charge in [-0.25, -0.2) is 0 Å². The molecule has 23 heavy (non-hydrogen) atoms. The van der Waals surface area contributed by atoms with Gasteiger partial charge in [-0.2, -0.15) is 0 Å². The number of aryl methyl sites for hydroxylation is 1. The minimum absolute atomic E-state index is 0.112. The molecule has 0 bridgehead atoms. The molecule has 0 aliphatic rings. The monoisotopic (exact) mass is 377 g/mol. The number of methoxy groups -OCH3 is 2. The van der Waals surface area contributed by atoms with Crippen LogP contribution < -0.4 is 14.8 Å². The van der Waals surface area contributed by atoms with Crippen LogP contribution in [0.15, 0.2) is 40.9 Å². The van der Waals surface area contributed by atoms with Crippen molar-refractivity contribution in [2.24, 2.45) is 0 Å². The molecular formula is C18H20BrNO3. The molecule has 4 nitrogen and oxygen atoms in total. The van der Waals surface area contributed by atoms with Gasteiger partial charge < -0.3 is 14.8 Å². The zero-order chi connectivity index (χ0) is 17.0. The molecule has 0 saturated carbocycles. The molecule has 0 aromatic heterocycles. The van der Waals surface area contributed by atoms with Crippen LogP contribution in [0.3, 0.4) is 0 Å². The van der Waals surface area contributed by atoms with Crippen molar-refractivity contribution in [3.8, 4) is 11.5 Å². The number of rotatable bonds is 5. The van der Waals surface area contributed by atoms with E-state index in [0.29, 0.717) is 17.1 Å². The molecule has 0 fully saturated rings. The van der Waals surface area contributed by atoms with Gasteiger partial charge >= 0.3 is 0 Å². The highest BCUT2D eigenvalue weighted by Crippen LogP contribution is 2.36. The zero-order valence-electron chi connectivity index (χ0n) is 13.6.